The summed E-state index contributed by atoms with van der Waals surface area (Å²) in [5, 5.41) is 0. The van der Waals surface area contributed by atoms with Crippen LogP contribution in [0.5, 0.6) is 0 Å². The van der Waals surface area contributed by atoms with Gasteiger partial charge in [-0.3, -0.25) is 0 Å². The third-order valence-corrected chi connectivity index (χ3v) is 7.41. The Hall–Kier alpha value is -1.58. The van der Waals surface area contributed by atoms with E-state index < -0.39 is 0 Å². The van der Waals surface area contributed by atoms with Crippen LogP contribution in [0.4, 0.5) is 0 Å². The number of esters is 2. The highest BCUT2D eigenvalue weighted by Crippen LogP contribution is 2.13. The van der Waals surface area contributed by atoms with Gasteiger partial charge in [0.1, 0.15) is 0 Å². The van der Waals surface area contributed by atoms with E-state index in [2.05, 4.69) is 27.0 Å². The third kappa shape index (κ3) is 36.4. The van der Waals surface area contributed by atoms with Crippen LogP contribution in [0.3, 0.4) is 0 Å². The van der Waals surface area contributed by atoms with E-state index >= 15 is 0 Å². The molecule has 0 N–H and O–H groups in total. The van der Waals surface area contributed by atoms with E-state index in [-0.39, 0.29) is 11.9 Å². The molecular formula is C37H70O4. The lowest BCUT2D eigenvalue weighted by atomic mass is 10.0. The first-order valence-corrected chi connectivity index (χ1v) is 17.5. The maximum absolute atomic E-state index is 11.1. The molecule has 0 rings (SSSR count). The summed E-state index contributed by atoms with van der Waals surface area (Å²) in [6, 6.07) is 0. The summed E-state index contributed by atoms with van der Waals surface area (Å²) < 4.78 is 10.1. The van der Waals surface area contributed by atoms with Crippen LogP contribution in [0, 0.1) is 0 Å². The molecule has 0 amide bonds. The van der Waals surface area contributed by atoms with E-state index in [0.29, 0.717) is 24.4 Å². The van der Waals surface area contributed by atoms with Gasteiger partial charge >= 0.3 is 11.9 Å². The molecular weight excluding hydrogens is 508 g/mol. The summed E-state index contributed by atoms with van der Waals surface area (Å²) in [7, 11) is 0. The van der Waals surface area contributed by atoms with Gasteiger partial charge in [-0.05, 0) is 26.7 Å². The molecule has 0 aromatic rings. The zero-order chi connectivity index (χ0) is 30.8. The van der Waals surface area contributed by atoms with Gasteiger partial charge in [-0.2, -0.15) is 0 Å². The molecule has 0 saturated carbocycles. The van der Waals surface area contributed by atoms with Crippen LogP contribution in [0.1, 0.15) is 188 Å². The van der Waals surface area contributed by atoms with Crippen molar-refractivity contribution in [2.75, 3.05) is 13.2 Å². The van der Waals surface area contributed by atoms with Gasteiger partial charge in [0.15, 0.2) is 0 Å². The molecule has 0 radical (unpaired) electrons. The molecule has 0 aliphatic heterocycles. The monoisotopic (exact) mass is 579 g/mol. The average Bonchev–Trinajstić information content (AvgIpc) is 2.95. The molecule has 0 atom stereocenters. The lowest BCUT2D eigenvalue weighted by molar-refractivity contribution is -0.139. The molecule has 0 heterocycles. The SMILES string of the molecule is C=C(C)C(=O)OCCCCCCCCCCCCCC.C=C(C)C(=O)OCCCCCCCCCCCCCCC. The molecule has 0 saturated heterocycles. The molecule has 0 aromatic heterocycles. The minimum absolute atomic E-state index is 0.256. The zero-order valence-corrected chi connectivity index (χ0v) is 28.1. The predicted octanol–water partition coefficient (Wildman–Crippen LogP) is 12.0. The Morgan fingerprint density at radius 2 is 0.585 bits per heavy atom. The largest absolute Gasteiger partial charge is 0.462 e. The second kappa shape index (κ2) is 34.6. The first kappa shape index (κ1) is 41.6. The van der Waals surface area contributed by atoms with E-state index in [1.54, 1.807) is 13.8 Å². The van der Waals surface area contributed by atoms with Gasteiger partial charge in [0.2, 0.25) is 0 Å². The number of hydrogen-bond donors (Lipinski definition) is 0. The number of unbranched alkanes of at least 4 members (excludes halogenated alkanes) is 23. The molecule has 0 aromatic carbocycles. The normalized spacial score (nSPS) is 10.5. The highest BCUT2D eigenvalue weighted by molar-refractivity contribution is 5.87. The van der Waals surface area contributed by atoms with Gasteiger partial charge in [0.25, 0.3) is 0 Å². The first-order chi connectivity index (χ1) is 19.9. The van der Waals surface area contributed by atoms with Gasteiger partial charge in [-0.1, -0.05) is 175 Å². The highest BCUT2D eigenvalue weighted by atomic mass is 16.5. The molecule has 0 unspecified atom stereocenters. The predicted molar refractivity (Wildman–Crippen MR) is 178 cm³/mol. The van der Waals surface area contributed by atoms with Gasteiger partial charge in [0, 0.05) is 11.1 Å². The Labute approximate surface area is 256 Å². The maximum atomic E-state index is 11.1. The van der Waals surface area contributed by atoms with Crippen molar-refractivity contribution in [3.8, 4) is 0 Å². The van der Waals surface area contributed by atoms with Crippen LogP contribution >= 0.6 is 0 Å². The van der Waals surface area contributed by atoms with Crippen molar-refractivity contribution in [1.29, 1.82) is 0 Å². The number of ether oxygens (including phenoxy) is 2. The topological polar surface area (TPSA) is 52.6 Å². The lowest BCUT2D eigenvalue weighted by Gasteiger charge is -2.04. The van der Waals surface area contributed by atoms with Crippen molar-refractivity contribution in [1.82, 2.24) is 0 Å². The van der Waals surface area contributed by atoms with Crippen molar-refractivity contribution in [3.63, 3.8) is 0 Å². The van der Waals surface area contributed by atoms with Crippen molar-refractivity contribution in [3.05, 3.63) is 24.3 Å². The number of carbonyl (C=O) groups excluding carboxylic acids is 2. The number of rotatable bonds is 29. The smallest absolute Gasteiger partial charge is 0.333 e. The fourth-order valence-electron chi connectivity index (χ4n) is 4.64. The fourth-order valence-corrected chi connectivity index (χ4v) is 4.64. The fraction of sp³-hybridized carbons (Fsp3) is 0.838. The molecule has 0 bridgehead atoms. The van der Waals surface area contributed by atoms with Crippen molar-refractivity contribution < 1.29 is 19.1 Å². The molecule has 0 aliphatic carbocycles. The minimum Gasteiger partial charge on any atom is -0.462 e. The summed E-state index contributed by atoms with van der Waals surface area (Å²) >= 11 is 0. The lowest BCUT2D eigenvalue weighted by Crippen LogP contribution is -2.05. The quantitative estimate of drug-likeness (QED) is 0.0503. The molecule has 0 aliphatic rings. The third-order valence-electron chi connectivity index (χ3n) is 7.41. The number of hydrogen-bond acceptors (Lipinski definition) is 4. The minimum atomic E-state index is -0.256. The summed E-state index contributed by atoms with van der Waals surface area (Å²) in [4.78, 5) is 22.3. The highest BCUT2D eigenvalue weighted by Gasteiger charge is 2.02. The van der Waals surface area contributed by atoms with E-state index in [9.17, 15) is 9.59 Å². The van der Waals surface area contributed by atoms with Gasteiger partial charge in [0.05, 0.1) is 13.2 Å². The Morgan fingerprint density at radius 3 is 0.780 bits per heavy atom. The molecule has 0 spiro atoms. The maximum Gasteiger partial charge on any atom is 0.333 e. The van der Waals surface area contributed by atoms with Crippen molar-refractivity contribution in [2.45, 2.75) is 188 Å². The van der Waals surface area contributed by atoms with E-state index in [4.69, 9.17) is 9.47 Å². The average molecular weight is 579 g/mol. The second-order valence-electron chi connectivity index (χ2n) is 12.0. The van der Waals surface area contributed by atoms with Crippen LogP contribution in [0.2, 0.25) is 0 Å². The number of carbonyl (C=O) groups is 2. The summed E-state index contributed by atoms with van der Waals surface area (Å²) in [6.45, 7) is 16.1. The Morgan fingerprint density at radius 1 is 0.390 bits per heavy atom. The van der Waals surface area contributed by atoms with Gasteiger partial charge < -0.3 is 9.47 Å². The van der Waals surface area contributed by atoms with Gasteiger partial charge in [-0.25, -0.2) is 9.59 Å². The van der Waals surface area contributed by atoms with E-state index in [0.717, 1.165) is 12.8 Å². The molecule has 4 nitrogen and oxygen atoms in total. The van der Waals surface area contributed by atoms with Crippen molar-refractivity contribution >= 4 is 11.9 Å². The Bertz CT molecular complexity index is 610. The van der Waals surface area contributed by atoms with Gasteiger partial charge in [-0.15, -0.1) is 0 Å². The van der Waals surface area contributed by atoms with Crippen LogP contribution in [0.25, 0.3) is 0 Å². The van der Waals surface area contributed by atoms with Crippen LogP contribution in [0.15, 0.2) is 24.3 Å². The van der Waals surface area contributed by atoms with Crippen LogP contribution < -0.4 is 0 Å². The molecule has 41 heavy (non-hydrogen) atoms. The second-order valence-corrected chi connectivity index (χ2v) is 12.0. The molecule has 0 fully saturated rings. The first-order valence-electron chi connectivity index (χ1n) is 17.5. The molecule has 242 valence electrons. The van der Waals surface area contributed by atoms with E-state index in [1.165, 1.54) is 148 Å². The Kier molecular flexibility index (Phi) is 35.1. The van der Waals surface area contributed by atoms with Crippen LogP contribution in [-0.4, -0.2) is 25.2 Å². The summed E-state index contributed by atoms with van der Waals surface area (Å²) in [5.74, 6) is -0.512. The summed E-state index contributed by atoms with van der Waals surface area (Å²) in [6.07, 6.45) is 33.2. The molecule has 4 heteroatoms. The van der Waals surface area contributed by atoms with E-state index in [1.807, 2.05) is 0 Å². The zero-order valence-electron chi connectivity index (χ0n) is 28.1. The van der Waals surface area contributed by atoms with Crippen molar-refractivity contribution in [2.24, 2.45) is 0 Å². The summed E-state index contributed by atoms with van der Waals surface area (Å²) in [5.41, 5.74) is 0.980. The standard InChI is InChI=1S/C19H36O2.C18H34O2/c1-4-5-6-7-8-9-10-11-12-13-14-15-16-17-21-19(20)18(2)3;1-4-5-6-7-8-9-10-11-12-13-14-15-16-20-18(19)17(2)3/h2,4-17H2,1,3H3;2,4-16H2,1,3H3. The Balaban J connectivity index is 0. The van der Waals surface area contributed by atoms with Crippen LogP contribution in [-0.2, 0) is 19.1 Å².